The molecule has 0 bridgehead atoms. The van der Waals surface area contributed by atoms with E-state index in [1.54, 1.807) is 17.0 Å². The van der Waals surface area contributed by atoms with E-state index >= 15 is 0 Å². The molecule has 1 amide bonds. The van der Waals surface area contributed by atoms with Crippen molar-refractivity contribution in [1.29, 1.82) is 0 Å². The molecule has 0 aliphatic carbocycles. The maximum absolute atomic E-state index is 13.5. The van der Waals surface area contributed by atoms with Crippen LogP contribution in [0.4, 0.5) is 4.39 Å². The first-order valence-electron chi connectivity index (χ1n) is 6.68. The van der Waals surface area contributed by atoms with Crippen molar-refractivity contribution in [3.63, 3.8) is 0 Å². The average molecular weight is 315 g/mol. The minimum Gasteiger partial charge on any atom is -0.494 e. The van der Waals surface area contributed by atoms with E-state index in [2.05, 4.69) is 0 Å². The molecule has 6 heteroatoms. The van der Waals surface area contributed by atoms with Gasteiger partial charge >= 0.3 is 0 Å². The van der Waals surface area contributed by atoms with Crippen LogP contribution in [0.1, 0.15) is 18.4 Å². The molecule has 0 spiro atoms. The van der Waals surface area contributed by atoms with Crippen LogP contribution in [0.25, 0.3) is 6.08 Å². The SMILES string of the molecule is COc1ccc(C=CC(=O)N2CCCC2CN)cc1F.Cl. The standard InChI is InChI=1S/C15H19FN2O2.ClH/c1-20-14-6-4-11(9-13(14)16)5-7-15(19)18-8-2-3-12(18)10-17;/h4-7,9,12H,2-3,8,10,17H2,1H3;1H. The summed E-state index contributed by atoms with van der Waals surface area (Å²) in [6, 6.07) is 4.71. The minimum atomic E-state index is -0.442. The maximum atomic E-state index is 13.5. The molecule has 2 rings (SSSR count). The van der Waals surface area contributed by atoms with Gasteiger partial charge in [-0.25, -0.2) is 4.39 Å². The molecule has 1 heterocycles. The number of halogens is 2. The zero-order valence-corrected chi connectivity index (χ0v) is 12.7. The lowest BCUT2D eigenvalue weighted by molar-refractivity contribution is -0.126. The van der Waals surface area contributed by atoms with Gasteiger partial charge in [-0.2, -0.15) is 0 Å². The number of methoxy groups -OCH3 is 1. The van der Waals surface area contributed by atoms with E-state index in [0.717, 1.165) is 19.4 Å². The Morgan fingerprint density at radius 1 is 1.57 bits per heavy atom. The maximum Gasteiger partial charge on any atom is 0.246 e. The van der Waals surface area contributed by atoms with Crippen LogP contribution in [0.3, 0.4) is 0 Å². The molecule has 116 valence electrons. The molecule has 1 atom stereocenters. The third-order valence-electron chi connectivity index (χ3n) is 3.53. The number of nitrogens with zero attached hydrogens (tertiary/aromatic N) is 1. The highest BCUT2D eigenvalue weighted by Crippen LogP contribution is 2.19. The van der Waals surface area contributed by atoms with Gasteiger partial charge in [-0.1, -0.05) is 6.07 Å². The molecule has 4 nitrogen and oxygen atoms in total. The summed E-state index contributed by atoms with van der Waals surface area (Å²) in [5.74, 6) is -0.325. The Labute approximate surface area is 130 Å². The van der Waals surface area contributed by atoms with Gasteiger partial charge in [-0.3, -0.25) is 4.79 Å². The van der Waals surface area contributed by atoms with Crippen LogP contribution in [0.15, 0.2) is 24.3 Å². The van der Waals surface area contributed by atoms with E-state index in [-0.39, 0.29) is 30.1 Å². The molecule has 21 heavy (non-hydrogen) atoms. The highest BCUT2D eigenvalue weighted by atomic mass is 35.5. The third-order valence-corrected chi connectivity index (χ3v) is 3.53. The summed E-state index contributed by atoms with van der Waals surface area (Å²) < 4.78 is 18.4. The van der Waals surface area contributed by atoms with Crippen LogP contribution in [0.5, 0.6) is 5.75 Å². The predicted octanol–water partition coefficient (Wildman–Crippen LogP) is 2.22. The molecular weight excluding hydrogens is 295 g/mol. The third kappa shape index (κ3) is 4.19. The topological polar surface area (TPSA) is 55.6 Å². The molecule has 0 radical (unpaired) electrons. The number of hydrogen-bond donors (Lipinski definition) is 1. The lowest BCUT2D eigenvalue weighted by Crippen LogP contribution is -2.38. The predicted molar refractivity (Wildman–Crippen MR) is 83.0 cm³/mol. The molecule has 1 aliphatic heterocycles. The Morgan fingerprint density at radius 3 is 2.95 bits per heavy atom. The Kier molecular flexibility index (Phi) is 6.65. The van der Waals surface area contributed by atoms with Crippen molar-refractivity contribution in [2.75, 3.05) is 20.2 Å². The van der Waals surface area contributed by atoms with Crippen LogP contribution in [0, 0.1) is 5.82 Å². The number of nitrogens with two attached hydrogens (primary N) is 1. The highest BCUT2D eigenvalue weighted by Gasteiger charge is 2.25. The molecule has 1 unspecified atom stereocenters. The van der Waals surface area contributed by atoms with E-state index < -0.39 is 5.82 Å². The van der Waals surface area contributed by atoms with Gasteiger partial charge in [0.2, 0.25) is 5.91 Å². The van der Waals surface area contributed by atoms with E-state index in [4.69, 9.17) is 10.5 Å². The number of carbonyl (C=O) groups excluding carboxylic acids is 1. The van der Waals surface area contributed by atoms with Crippen molar-refractivity contribution in [3.05, 3.63) is 35.7 Å². The molecule has 1 fully saturated rings. The summed E-state index contributed by atoms with van der Waals surface area (Å²) in [5.41, 5.74) is 6.26. The van der Waals surface area contributed by atoms with E-state index in [1.165, 1.54) is 25.3 Å². The summed E-state index contributed by atoms with van der Waals surface area (Å²) >= 11 is 0. The summed E-state index contributed by atoms with van der Waals surface area (Å²) in [6.45, 7) is 1.22. The summed E-state index contributed by atoms with van der Waals surface area (Å²) in [6.07, 6.45) is 5.01. The van der Waals surface area contributed by atoms with Crippen LogP contribution >= 0.6 is 12.4 Å². The molecule has 0 saturated carbocycles. The quantitative estimate of drug-likeness (QED) is 0.867. The zero-order chi connectivity index (χ0) is 14.5. The summed E-state index contributed by atoms with van der Waals surface area (Å²) in [5, 5.41) is 0. The molecule has 1 aliphatic rings. The Hall–Kier alpha value is -1.59. The zero-order valence-electron chi connectivity index (χ0n) is 11.9. The molecule has 2 N–H and O–H groups in total. The number of amides is 1. The Bertz CT molecular complexity index is 522. The first-order chi connectivity index (χ1) is 9.65. The van der Waals surface area contributed by atoms with Crippen molar-refractivity contribution in [3.8, 4) is 5.75 Å². The lowest BCUT2D eigenvalue weighted by Gasteiger charge is -2.21. The number of rotatable bonds is 4. The second-order valence-electron chi connectivity index (χ2n) is 4.79. The largest absolute Gasteiger partial charge is 0.494 e. The number of benzene rings is 1. The van der Waals surface area contributed by atoms with Crippen LogP contribution in [-0.2, 0) is 4.79 Å². The van der Waals surface area contributed by atoms with Gasteiger partial charge in [0.1, 0.15) is 0 Å². The highest BCUT2D eigenvalue weighted by molar-refractivity contribution is 5.92. The van der Waals surface area contributed by atoms with Gasteiger partial charge in [0, 0.05) is 25.2 Å². The average Bonchev–Trinajstić information content (AvgIpc) is 2.93. The molecule has 0 aromatic heterocycles. The first kappa shape index (κ1) is 17.5. The van der Waals surface area contributed by atoms with Gasteiger partial charge in [0.25, 0.3) is 0 Å². The van der Waals surface area contributed by atoms with Crippen LogP contribution in [0.2, 0.25) is 0 Å². The van der Waals surface area contributed by atoms with Crippen molar-refractivity contribution in [1.82, 2.24) is 4.90 Å². The first-order valence-corrected chi connectivity index (χ1v) is 6.68. The molecule has 1 saturated heterocycles. The Balaban J connectivity index is 0.00000220. The minimum absolute atomic E-state index is 0. The van der Waals surface area contributed by atoms with E-state index in [9.17, 15) is 9.18 Å². The van der Waals surface area contributed by atoms with Gasteiger partial charge in [-0.05, 0) is 36.6 Å². The molecular formula is C15H20ClFN2O2. The van der Waals surface area contributed by atoms with Gasteiger partial charge in [-0.15, -0.1) is 12.4 Å². The second-order valence-corrected chi connectivity index (χ2v) is 4.79. The number of likely N-dealkylation sites (tertiary alicyclic amines) is 1. The van der Waals surface area contributed by atoms with Gasteiger partial charge in [0.05, 0.1) is 7.11 Å². The van der Waals surface area contributed by atoms with E-state index in [0.29, 0.717) is 12.1 Å². The van der Waals surface area contributed by atoms with Crippen molar-refractivity contribution in [2.24, 2.45) is 5.73 Å². The van der Waals surface area contributed by atoms with Crippen LogP contribution < -0.4 is 10.5 Å². The fourth-order valence-electron chi connectivity index (χ4n) is 2.42. The second kappa shape index (κ2) is 8.00. The normalized spacial score (nSPS) is 17.9. The number of carbonyl (C=O) groups is 1. The van der Waals surface area contributed by atoms with E-state index in [1.807, 2.05) is 0 Å². The summed E-state index contributed by atoms with van der Waals surface area (Å²) in [4.78, 5) is 13.8. The van der Waals surface area contributed by atoms with Crippen LogP contribution in [-0.4, -0.2) is 37.0 Å². The fourth-order valence-corrected chi connectivity index (χ4v) is 2.42. The number of hydrogen-bond acceptors (Lipinski definition) is 3. The summed E-state index contributed by atoms with van der Waals surface area (Å²) in [7, 11) is 1.41. The molecule has 1 aromatic carbocycles. The smallest absolute Gasteiger partial charge is 0.246 e. The number of ether oxygens (including phenoxy) is 1. The van der Waals surface area contributed by atoms with Gasteiger partial charge < -0.3 is 15.4 Å². The van der Waals surface area contributed by atoms with Crippen molar-refractivity contribution >= 4 is 24.4 Å². The van der Waals surface area contributed by atoms with Crippen molar-refractivity contribution in [2.45, 2.75) is 18.9 Å². The van der Waals surface area contributed by atoms with Gasteiger partial charge in [0.15, 0.2) is 11.6 Å². The fraction of sp³-hybridized carbons (Fsp3) is 0.400. The van der Waals surface area contributed by atoms with Crippen molar-refractivity contribution < 1.29 is 13.9 Å². The monoisotopic (exact) mass is 314 g/mol. The lowest BCUT2D eigenvalue weighted by atomic mass is 10.2. The Morgan fingerprint density at radius 2 is 2.33 bits per heavy atom. The molecule has 1 aromatic rings.